The standard InChI is InChI=1S/C10H17NO5/c1-6-9(10(12)15-4)7(11-16-6)5-8(13-2)14-3/h6,8-9H,5H2,1-4H3/t6-,9-/m0/s1. The van der Waals surface area contributed by atoms with Crippen molar-refractivity contribution < 1.29 is 23.8 Å². The molecule has 2 atom stereocenters. The van der Waals surface area contributed by atoms with Crippen molar-refractivity contribution in [2.24, 2.45) is 11.1 Å². The van der Waals surface area contributed by atoms with Crippen LogP contribution in [0.1, 0.15) is 13.3 Å². The van der Waals surface area contributed by atoms with Gasteiger partial charge in [0.25, 0.3) is 0 Å². The van der Waals surface area contributed by atoms with Crippen LogP contribution in [-0.4, -0.2) is 45.4 Å². The first-order chi connectivity index (χ1) is 7.63. The highest BCUT2D eigenvalue weighted by Crippen LogP contribution is 2.23. The largest absolute Gasteiger partial charge is 0.468 e. The lowest BCUT2D eigenvalue weighted by molar-refractivity contribution is -0.145. The Kier molecular flexibility index (Phi) is 4.70. The fourth-order valence-electron chi connectivity index (χ4n) is 1.59. The Morgan fingerprint density at radius 3 is 2.56 bits per heavy atom. The van der Waals surface area contributed by atoms with E-state index in [1.165, 1.54) is 21.3 Å². The lowest BCUT2D eigenvalue weighted by Crippen LogP contribution is -2.33. The van der Waals surface area contributed by atoms with Crippen molar-refractivity contribution in [3.05, 3.63) is 0 Å². The molecule has 1 aliphatic rings. The number of esters is 1. The fourth-order valence-corrected chi connectivity index (χ4v) is 1.59. The number of carbonyl (C=O) groups is 1. The first kappa shape index (κ1) is 12.9. The van der Waals surface area contributed by atoms with Gasteiger partial charge in [-0.05, 0) is 6.92 Å². The minimum atomic E-state index is -0.474. The van der Waals surface area contributed by atoms with Crippen LogP contribution < -0.4 is 0 Å². The van der Waals surface area contributed by atoms with Crippen molar-refractivity contribution in [3.63, 3.8) is 0 Å². The average Bonchev–Trinajstić information content (AvgIpc) is 2.66. The molecule has 1 heterocycles. The molecule has 0 saturated carbocycles. The summed E-state index contributed by atoms with van der Waals surface area (Å²) in [7, 11) is 4.40. The zero-order chi connectivity index (χ0) is 12.1. The Labute approximate surface area is 94.5 Å². The van der Waals surface area contributed by atoms with E-state index in [1.807, 2.05) is 0 Å². The van der Waals surface area contributed by atoms with Crippen molar-refractivity contribution in [2.45, 2.75) is 25.7 Å². The minimum Gasteiger partial charge on any atom is -0.468 e. The lowest BCUT2D eigenvalue weighted by atomic mass is 9.96. The van der Waals surface area contributed by atoms with E-state index in [0.29, 0.717) is 12.1 Å². The molecule has 0 saturated heterocycles. The molecule has 0 bridgehead atoms. The molecule has 92 valence electrons. The second-order valence-corrected chi connectivity index (χ2v) is 3.50. The predicted octanol–water partition coefficient (Wildman–Crippen LogP) is 0.559. The van der Waals surface area contributed by atoms with Gasteiger partial charge in [-0.25, -0.2) is 0 Å². The third-order valence-electron chi connectivity index (χ3n) is 2.52. The van der Waals surface area contributed by atoms with Gasteiger partial charge in [0.15, 0.2) is 6.29 Å². The van der Waals surface area contributed by atoms with Crippen LogP contribution >= 0.6 is 0 Å². The minimum absolute atomic E-state index is 0.309. The molecule has 1 aliphatic heterocycles. The summed E-state index contributed by atoms with van der Waals surface area (Å²) in [5.74, 6) is -0.826. The number of hydrogen-bond donors (Lipinski definition) is 0. The van der Waals surface area contributed by atoms with E-state index < -0.39 is 12.2 Å². The van der Waals surface area contributed by atoms with E-state index in [1.54, 1.807) is 6.92 Å². The molecule has 0 fully saturated rings. The van der Waals surface area contributed by atoms with Crippen LogP contribution in [0.5, 0.6) is 0 Å². The molecule has 6 nitrogen and oxygen atoms in total. The fraction of sp³-hybridized carbons (Fsp3) is 0.800. The zero-order valence-corrected chi connectivity index (χ0v) is 9.93. The van der Waals surface area contributed by atoms with Crippen molar-refractivity contribution in [2.75, 3.05) is 21.3 Å². The van der Waals surface area contributed by atoms with Gasteiger partial charge >= 0.3 is 5.97 Å². The smallest absolute Gasteiger partial charge is 0.318 e. The maximum absolute atomic E-state index is 11.5. The highest BCUT2D eigenvalue weighted by Gasteiger charge is 2.38. The van der Waals surface area contributed by atoms with Crippen molar-refractivity contribution in [1.82, 2.24) is 0 Å². The Balaban J connectivity index is 2.68. The van der Waals surface area contributed by atoms with Crippen LogP contribution in [0, 0.1) is 5.92 Å². The molecule has 0 aromatic carbocycles. The van der Waals surface area contributed by atoms with E-state index in [9.17, 15) is 4.79 Å². The Hall–Kier alpha value is -1.14. The predicted molar refractivity (Wildman–Crippen MR) is 55.9 cm³/mol. The first-order valence-corrected chi connectivity index (χ1v) is 5.00. The molecule has 1 rings (SSSR count). The summed E-state index contributed by atoms with van der Waals surface area (Å²) in [6.07, 6.45) is -0.353. The lowest BCUT2D eigenvalue weighted by Gasteiger charge is -2.16. The van der Waals surface area contributed by atoms with E-state index in [-0.39, 0.29) is 12.1 Å². The number of methoxy groups -OCH3 is 3. The van der Waals surface area contributed by atoms with Gasteiger partial charge in [-0.2, -0.15) is 0 Å². The van der Waals surface area contributed by atoms with Gasteiger partial charge in [0, 0.05) is 20.6 Å². The van der Waals surface area contributed by atoms with E-state index in [0.717, 1.165) is 0 Å². The molecule has 0 radical (unpaired) electrons. The van der Waals surface area contributed by atoms with Crippen LogP contribution in [0.3, 0.4) is 0 Å². The quantitative estimate of drug-likeness (QED) is 0.511. The molecular formula is C10H17NO5. The maximum atomic E-state index is 11.5. The number of nitrogens with zero attached hydrogens (tertiary/aromatic N) is 1. The molecule has 0 aliphatic carbocycles. The summed E-state index contributed by atoms with van der Waals surface area (Å²) >= 11 is 0. The number of oxime groups is 1. The molecule has 0 aromatic rings. The Morgan fingerprint density at radius 1 is 1.44 bits per heavy atom. The molecule has 6 heteroatoms. The van der Waals surface area contributed by atoms with Gasteiger partial charge in [0.2, 0.25) is 0 Å². The summed E-state index contributed by atoms with van der Waals surface area (Å²) in [4.78, 5) is 16.6. The van der Waals surface area contributed by atoms with E-state index in [2.05, 4.69) is 5.16 Å². The van der Waals surface area contributed by atoms with Gasteiger partial charge in [0.05, 0.1) is 12.8 Å². The summed E-state index contributed by atoms with van der Waals surface area (Å²) in [5, 5.41) is 3.86. The van der Waals surface area contributed by atoms with Crippen LogP contribution in [0.15, 0.2) is 5.16 Å². The number of rotatable bonds is 5. The van der Waals surface area contributed by atoms with Crippen LogP contribution in [0.25, 0.3) is 0 Å². The molecule has 0 N–H and O–H groups in total. The molecule has 0 spiro atoms. The summed E-state index contributed by atoms with van der Waals surface area (Å²) < 4.78 is 14.8. The third-order valence-corrected chi connectivity index (χ3v) is 2.52. The van der Waals surface area contributed by atoms with Crippen molar-refractivity contribution in [1.29, 1.82) is 0 Å². The Morgan fingerprint density at radius 2 is 2.06 bits per heavy atom. The zero-order valence-electron chi connectivity index (χ0n) is 9.93. The SMILES string of the molecule is COC(=O)[C@@H]1C(CC(OC)OC)=NO[C@H]1C. The van der Waals surface area contributed by atoms with Gasteiger partial charge in [-0.3, -0.25) is 4.79 Å². The van der Waals surface area contributed by atoms with Gasteiger partial charge < -0.3 is 19.0 Å². The Bertz CT molecular complexity index is 274. The van der Waals surface area contributed by atoms with E-state index in [4.69, 9.17) is 19.0 Å². The van der Waals surface area contributed by atoms with Crippen LogP contribution in [-0.2, 0) is 23.8 Å². The summed E-state index contributed by atoms with van der Waals surface area (Å²) in [6, 6.07) is 0. The summed E-state index contributed by atoms with van der Waals surface area (Å²) in [5.41, 5.74) is 0.591. The topological polar surface area (TPSA) is 66.4 Å². The molecule has 0 amide bonds. The normalized spacial score (nSPS) is 24.2. The number of hydrogen-bond acceptors (Lipinski definition) is 6. The van der Waals surface area contributed by atoms with Crippen molar-refractivity contribution >= 4 is 11.7 Å². The third kappa shape index (κ3) is 2.70. The molecular weight excluding hydrogens is 214 g/mol. The summed E-state index contributed by atoms with van der Waals surface area (Å²) in [6.45, 7) is 1.77. The highest BCUT2D eigenvalue weighted by atomic mass is 16.7. The molecule has 16 heavy (non-hydrogen) atoms. The highest BCUT2D eigenvalue weighted by molar-refractivity contribution is 6.03. The van der Waals surface area contributed by atoms with Crippen LogP contribution in [0.4, 0.5) is 0 Å². The van der Waals surface area contributed by atoms with Gasteiger partial charge in [0.1, 0.15) is 12.0 Å². The molecule has 0 aromatic heterocycles. The van der Waals surface area contributed by atoms with E-state index >= 15 is 0 Å². The van der Waals surface area contributed by atoms with Crippen LogP contribution in [0.2, 0.25) is 0 Å². The van der Waals surface area contributed by atoms with Gasteiger partial charge in [-0.1, -0.05) is 5.16 Å². The average molecular weight is 231 g/mol. The second-order valence-electron chi connectivity index (χ2n) is 3.50. The van der Waals surface area contributed by atoms with Gasteiger partial charge in [-0.15, -0.1) is 0 Å². The number of ether oxygens (including phenoxy) is 3. The number of carbonyl (C=O) groups excluding carboxylic acids is 1. The maximum Gasteiger partial charge on any atom is 0.318 e. The second kappa shape index (κ2) is 5.81. The van der Waals surface area contributed by atoms with Crippen molar-refractivity contribution in [3.8, 4) is 0 Å². The molecule has 0 unspecified atom stereocenters. The monoisotopic (exact) mass is 231 g/mol. The first-order valence-electron chi connectivity index (χ1n) is 5.00.